The van der Waals surface area contributed by atoms with Crippen LogP contribution in [0.5, 0.6) is 0 Å². The summed E-state index contributed by atoms with van der Waals surface area (Å²) in [6, 6.07) is 7.32. The highest BCUT2D eigenvalue weighted by molar-refractivity contribution is 5.98. The van der Waals surface area contributed by atoms with Crippen molar-refractivity contribution in [2.45, 2.75) is 19.9 Å². The van der Waals surface area contributed by atoms with Crippen molar-refractivity contribution in [3.63, 3.8) is 0 Å². The zero-order valence-corrected chi connectivity index (χ0v) is 12.1. The van der Waals surface area contributed by atoms with Crippen molar-refractivity contribution in [1.82, 2.24) is 10.3 Å². The molecule has 1 unspecified atom stereocenters. The highest BCUT2D eigenvalue weighted by Crippen LogP contribution is 2.18. The molecule has 20 heavy (non-hydrogen) atoms. The number of fused-ring (bicyclic) bond motifs is 1. The molecule has 0 fully saturated rings. The molecule has 0 spiro atoms. The molecule has 0 aliphatic heterocycles. The Hall–Kier alpha value is -2.01. The van der Waals surface area contributed by atoms with Gasteiger partial charge in [-0.2, -0.15) is 0 Å². The Morgan fingerprint density at radius 2 is 2.15 bits per heavy atom. The van der Waals surface area contributed by atoms with Crippen LogP contribution in [0.1, 0.15) is 24.3 Å². The van der Waals surface area contributed by atoms with Crippen LogP contribution in [-0.4, -0.2) is 30.6 Å². The van der Waals surface area contributed by atoms with Crippen LogP contribution in [0.25, 0.3) is 10.9 Å². The fourth-order valence-corrected chi connectivity index (χ4v) is 2.10. The second-order valence-corrected chi connectivity index (χ2v) is 5.31. The predicted molar refractivity (Wildman–Crippen MR) is 80.7 cm³/mol. The van der Waals surface area contributed by atoms with E-state index in [4.69, 9.17) is 10.5 Å². The first-order chi connectivity index (χ1) is 9.51. The Morgan fingerprint density at radius 3 is 2.80 bits per heavy atom. The average Bonchev–Trinajstić information content (AvgIpc) is 2.80. The van der Waals surface area contributed by atoms with Gasteiger partial charge in [0.15, 0.2) is 0 Å². The van der Waals surface area contributed by atoms with Gasteiger partial charge in [0, 0.05) is 23.7 Å². The predicted octanol–water partition coefficient (Wildman–Crippen LogP) is 2.15. The molecule has 5 nitrogen and oxygen atoms in total. The molecule has 1 heterocycles. The van der Waals surface area contributed by atoms with E-state index in [9.17, 15) is 4.79 Å². The zero-order valence-electron chi connectivity index (χ0n) is 12.1. The molecule has 5 heteroatoms. The van der Waals surface area contributed by atoms with Crippen LogP contribution in [0.3, 0.4) is 0 Å². The maximum Gasteiger partial charge on any atom is 0.268 e. The first-order valence-electron chi connectivity index (χ1n) is 6.69. The third kappa shape index (κ3) is 3.11. The van der Waals surface area contributed by atoms with Gasteiger partial charge in [-0.15, -0.1) is 0 Å². The Bertz CT molecular complexity index is 604. The number of H-pyrrole nitrogens is 1. The number of amides is 1. The molecule has 108 valence electrons. The van der Waals surface area contributed by atoms with Crippen LogP contribution >= 0.6 is 0 Å². The lowest BCUT2D eigenvalue weighted by molar-refractivity contribution is 0.0862. The number of nitrogens with one attached hydrogen (secondary N) is 2. The van der Waals surface area contributed by atoms with Crippen molar-refractivity contribution in [3.8, 4) is 0 Å². The summed E-state index contributed by atoms with van der Waals surface area (Å²) in [5.41, 5.74) is 7.86. The molecule has 1 aromatic carbocycles. The monoisotopic (exact) mass is 275 g/mol. The van der Waals surface area contributed by atoms with E-state index in [0.29, 0.717) is 23.9 Å². The van der Waals surface area contributed by atoms with Gasteiger partial charge in [-0.1, -0.05) is 13.8 Å². The molecule has 1 amide bonds. The Balaban J connectivity index is 2.18. The lowest BCUT2D eigenvalue weighted by Gasteiger charge is -2.21. The van der Waals surface area contributed by atoms with E-state index in [1.807, 2.05) is 24.3 Å². The van der Waals surface area contributed by atoms with Crippen LogP contribution in [0.2, 0.25) is 0 Å². The maximum atomic E-state index is 12.3. The first kappa shape index (κ1) is 14.4. The summed E-state index contributed by atoms with van der Waals surface area (Å²) in [6.07, 6.45) is 0. The second kappa shape index (κ2) is 5.96. The van der Waals surface area contributed by atoms with E-state index in [2.05, 4.69) is 24.1 Å². The SMILES string of the molecule is COCC(NC(=O)c1cc2cc(N)ccc2[nH]1)C(C)C. The van der Waals surface area contributed by atoms with Crippen LogP contribution in [0, 0.1) is 5.92 Å². The number of aromatic nitrogens is 1. The van der Waals surface area contributed by atoms with Gasteiger partial charge < -0.3 is 20.8 Å². The summed E-state index contributed by atoms with van der Waals surface area (Å²) in [5.74, 6) is 0.175. The van der Waals surface area contributed by atoms with Crippen molar-refractivity contribution >= 4 is 22.5 Å². The van der Waals surface area contributed by atoms with E-state index in [-0.39, 0.29) is 11.9 Å². The van der Waals surface area contributed by atoms with Gasteiger partial charge in [0.25, 0.3) is 5.91 Å². The molecule has 0 bridgehead atoms. The fraction of sp³-hybridized carbons (Fsp3) is 0.400. The number of carbonyl (C=O) groups is 1. The number of hydrogen-bond acceptors (Lipinski definition) is 3. The quantitative estimate of drug-likeness (QED) is 0.731. The molecule has 2 rings (SSSR count). The number of hydrogen-bond donors (Lipinski definition) is 3. The molecule has 0 aliphatic carbocycles. The Morgan fingerprint density at radius 1 is 1.40 bits per heavy atom. The van der Waals surface area contributed by atoms with Gasteiger partial charge in [0.1, 0.15) is 5.69 Å². The minimum Gasteiger partial charge on any atom is -0.399 e. The summed E-state index contributed by atoms with van der Waals surface area (Å²) in [5, 5.41) is 3.92. The topological polar surface area (TPSA) is 80.1 Å². The molecular weight excluding hydrogens is 254 g/mol. The summed E-state index contributed by atoms with van der Waals surface area (Å²) >= 11 is 0. The van der Waals surface area contributed by atoms with Crippen LogP contribution < -0.4 is 11.1 Å². The van der Waals surface area contributed by atoms with Gasteiger partial charge in [-0.25, -0.2) is 0 Å². The average molecular weight is 275 g/mol. The largest absolute Gasteiger partial charge is 0.399 e. The Kier molecular flexibility index (Phi) is 4.29. The summed E-state index contributed by atoms with van der Waals surface area (Å²) in [7, 11) is 1.63. The molecule has 0 saturated carbocycles. The van der Waals surface area contributed by atoms with Crippen molar-refractivity contribution in [2.24, 2.45) is 5.92 Å². The van der Waals surface area contributed by atoms with Crippen molar-refractivity contribution in [2.75, 3.05) is 19.5 Å². The molecule has 0 aliphatic rings. The standard InChI is InChI=1S/C15H21N3O2/c1-9(2)14(8-20-3)18-15(19)13-7-10-6-11(16)4-5-12(10)17-13/h4-7,9,14,17H,8,16H2,1-3H3,(H,18,19). The van der Waals surface area contributed by atoms with E-state index >= 15 is 0 Å². The highest BCUT2D eigenvalue weighted by atomic mass is 16.5. The van der Waals surface area contributed by atoms with E-state index in [1.54, 1.807) is 7.11 Å². The Labute approximate surface area is 118 Å². The third-order valence-electron chi connectivity index (χ3n) is 3.36. The number of nitrogens with two attached hydrogens (primary N) is 1. The van der Waals surface area contributed by atoms with Gasteiger partial charge in [0.05, 0.1) is 12.6 Å². The number of aromatic amines is 1. The zero-order chi connectivity index (χ0) is 14.7. The smallest absolute Gasteiger partial charge is 0.268 e. The maximum absolute atomic E-state index is 12.3. The molecule has 0 radical (unpaired) electrons. The minimum atomic E-state index is -0.129. The van der Waals surface area contributed by atoms with Crippen molar-refractivity contribution < 1.29 is 9.53 Å². The minimum absolute atomic E-state index is 0.0102. The summed E-state index contributed by atoms with van der Waals surface area (Å²) < 4.78 is 5.14. The highest BCUT2D eigenvalue weighted by Gasteiger charge is 2.18. The number of methoxy groups -OCH3 is 1. The van der Waals surface area contributed by atoms with Gasteiger partial charge in [-0.3, -0.25) is 4.79 Å². The number of benzene rings is 1. The van der Waals surface area contributed by atoms with E-state index in [1.165, 1.54) is 0 Å². The van der Waals surface area contributed by atoms with Crippen molar-refractivity contribution in [1.29, 1.82) is 0 Å². The second-order valence-electron chi connectivity index (χ2n) is 5.31. The number of anilines is 1. The van der Waals surface area contributed by atoms with Crippen molar-refractivity contribution in [3.05, 3.63) is 30.0 Å². The normalized spacial score (nSPS) is 12.8. The molecular formula is C15H21N3O2. The van der Waals surface area contributed by atoms with Crippen LogP contribution in [-0.2, 0) is 4.74 Å². The number of carbonyl (C=O) groups excluding carboxylic acids is 1. The molecule has 1 aromatic heterocycles. The fourth-order valence-electron chi connectivity index (χ4n) is 2.10. The summed E-state index contributed by atoms with van der Waals surface area (Å²) in [6.45, 7) is 4.60. The number of nitrogen functional groups attached to an aromatic ring is 1. The van der Waals surface area contributed by atoms with Crippen LogP contribution in [0.4, 0.5) is 5.69 Å². The van der Waals surface area contributed by atoms with Gasteiger partial charge in [0.2, 0.25) is 0 Å². The van der Waals surface area contributed by atoms with Gasteiger partial charge >= 0.3 is 0 Å². The lowest BCUT2D eigenvalue weighted by atomic mass is 10.1. The number of ether oxygens (including phenoxy) is 1. The first-order valence-corrected chi connectivity index (χ1v) is 6.69. The third-order valence-corrected chi connectivity index (χ3v) is 3.36. The van der Waals surface area contributed by atoms with Gasteiger partial charge in [-0.05, 0) is 30.2 Å². The molecule has 0 saturated heterocycles. The number of rotatable bonds is 5. The molecule has 1 atom stereocenters. The van der Waals surface area contributed by atoms with Crippen LogP contribution in [0.15, 0.2) is 24.3 Å². The summed E-state index contributed by atoms with van der Waals surface area (Å²) in [4.78, 5) is 15.4. The lowest BCUT2D eigenvalue weighted by Crippen LogP contribution is -2.41. The van der Waals surface area contributed by atoms with E-state index < -0.39 is 0 Å². The molecule has 2 aromatic rings. The van der Waals surface area contributed by atoms with E-state index in [0.717, 1.165) is 10.9 Å². The molecule has 4 N–H and O–H groups in total.